The summed E-state index contributed by atoms with van der Waals surface area (Å²) in [5, 5.41) is 0. The lowest BCUT2D eigenvalue weighted by Gasteiger charge is -2.27. The van der Waals surface area contributed by atoms with E-state index in [0.29, 0.717) is 12.5 Å². The number of thioether (sulfide) groups is 1. The van der Waals surface area contributed by atoms with Crippen LogP contribution in [0.15, 0.2) is 27.7 Å². The van der Waals surface area contributed by atoms with Gasteiger partial charge in [-0.2, -0.15) is 11.8 Å². The summed E-state index contributed by atoms with van der Waals surface area (Å²) in [7, 11) is 1.66. The van der Waals surface area contributed by atoms with Gasteiger partial charge in [-0.1, -0.05) is 6.07 Å². The van der Waals surface area contributed by atoms with Crippen molar-refractivity contribution >= 4 is 57.6 Å². The molecule has 2 rings (SSSR count). The van der Waals surface area contributed by atoms with Crippen LogP contribution >= 0.6 is 51.7 Å². The van der Waals surface area contributed by atoms with E-state index in [4.69, 9.17) is 10.5 Å². The van der Waals surface area contributed by atoms with Crippen LogP contribution in [0.3, 0.4) is 0 Å². The van der Waals surface area contributed by atoms with Gasteiger partial charge < -0.3 is 15.4 Å². The second-order valence-electron chi connectivity index (χ2n) is 4.24. The van der Waals surface area contributed by atoms with Crippen molar-refractivity contribution in [3.63, 3.8) is 0 Å². The van der Waals surface area contributed by atoms with Gasteiger partial charge in [0.1, 0.15) is 5.75 Å². The first-order valence-electron chi connectivity index (χ1n) is 6.15. The molecule has 0 spiro atoms. The Hall–Kier alpha value is -0.150. The fourth-order valence-electron chi connectivity index (χ4n) is 1.87. The summed E-state index contributed by atoms with van der Waals surface area (Å²) in [6.45, 7) is 2.58. The number of hydrogen-bond acceptors (Lipinski definition) is 3. The number of rotatable bonds is 3. The molecule has 0 aromatic heterocycles. The molecule has 7 heteroatoms. The topological polar surface area (TPSA) is 50.9 Å². The Kier molecular flexibility index (Phi) is 8.04. The Labute approximate surface area is 149 Å². The lowest BCUT2D eigenvalue weighted by molar-refractivity contribution is 0.412. The molecule has 1 heterocycles. The van der Waals surface area contributed by atoms with Crippen molar-refractivity contribution in [2.45, 2.75) is 6.54 Å². The monoisotopic (exact) mass is 471 g/mol. The predicted octanol–water partition coefficient (Wildman–Crippen LogP) is 2.94. The van der Waals surface area contributed by atoms with E-state index < -0.39 is 0 Å². The summed E-state index contributed by atoms with van der Waals surface area (Å²) in [6.07, 6.45) is 0. The van der Waals surface area contributed by atoms with E-state index in [1.165, 1.54) is 0 Å². The van der Waals surface area contributed by atoms with E-state index in [1.807, 2.05) is 30.0 Å². The minimum Gasteiger partial charge on any atom is -0.496 e. The van der Waals surface area contributed by atoms with Crippen LogP contribution in [0.2, 0.25) is 0 Å². The van der Waals surface area contributed by atoms with Crippen LogP contribution in [0, 0.1) is 0 Å². The highest BCUT2D eigenvalue weighted by molar-refractivity contribution is 14.0. The van der Waals surface area contributed by atoms with Gasteiger partial charge in [-0.05, 0) is 33.6 Å². The van der Waals surface area contributed by atoms with Crippen LogP contribution < -0.4 is 10.5 Å². The largest absolute Gasteiger partial charge is 0.496 e. The van der Waals surface area contributed by atoms with Gasteiger partial charge in [-0.15, -0.1) is 24.0 Å². The quantitative estimate of drug-likeness (QED) is 0.418. The van der Waals surface area contributed by atoms with Gasteiger partial charge in [0, 0.05) is 24.6 Å². The summed E-state index contributed by atoms with van der Waals surface area (Å²) in [4.78, 5) is 6.61. The zero-order valence-electron chi connectivity index (χ0n) is 11.3. The van der Waals surface area contributed by atoms with E-state index in [-0.39, 0.29) is 24.0 Å². The van der Waals surface area contributed by atoms with Crippen molar-refractivity contribution in [3.8, 4) is 5.75 Å². The van der Waals surface area contributed by atoms with Gasteiger partial charge in [0.15, 0.2) is 5.96 Å². The highest BCUT2D eigenvalue weighted by Gasteiger charge is 2.11. The lowest BCUT2D eigenvalue weighted by Crippen LogP contribution is -2.42. The molecule has 2 N–H and O–H groups in total. The molecule has 1 aliphatic rings. The van der Waals surface area contributed by atoms with Gasteiger partial charge in [-0.3, -0.25) is 0 Å². The maximum absolute atomic E-state index is 6.02. The van der Waals surface area contributed by atoms with E-state index in [0.717, 1.165) is 40.4 Å². The molecule has 0 aliphatic carbocycles. The fraction of sp³-hybridized carbons (Fsp3) is 0.462. The minimum absolute atomic E-state index is 0. The minimum atomic E-state index is 0. The Morgan fingerprint density at radius 2 is 2.15 bits per heavy atom. The highest BCUT2D eigenvalue weighted by Crippen LogP contribution is 2.25. The van der Waals surface area contributed by atoms with Crippen molar-refractivity contribution in [2.75, 3.05) is 31.7 Å². The van der Waals surface area contributed by atoms with Gasteiger partial charge in [0.2, 0.25) is 0 Å². The molecule has 0 saturated carbocycles. The van der Waals surface area contributed by atoms with Crippen LogP contribution in [0.25, 0.3) is 0 Å². The molecule has 0 unspecified atom stereocenters. The molecular weight excluding hydrogens is 453 g/mol. The summed E-state index contributed by atoms with van der Waals surface area (Å²) in [5.41, 5.74) is 7.13. The number of benzene rings is 1. The van der Waals surface area contributed by atoms with E-state index in [1.54, 1.807) is 7.11 Å². The van der Waals surface area contributed by atoms with E-state index in [9.17, 15) is 0 Å². The number of aliphatic imine (C=N–C) groups is 1. The number of ether oxygens (including phenoxy) is 1. The Balaban J connectivity index is 0.00000200. The Bertz CT molecular complexity index is 467. The van der Waals surface area contributed by atoms with E-state index >= 15 is 0 Å². The number of hydrogen-bond donors (Lipinski definition) is 1. The van der Waals surface area contributed by atoms with E-state index in [2.05, 4.69) is 25.8 Å². The van der Waals surface area contributed by atoms with Crippen LogP contribution in [0.1, 0.15) is 5.56 Å². The Morgan fingerprint density at radius 1 is 1.45 bits per heavy atom. The predicted molar refractivity (Wildman–Crippen MR) is 100 cm³/mol. The van der Waals surface area contributed by atoms with Crippen LogP contribution in [-0.2, 0) is 6.54 Å². The average molecular weight is 472 g/mol. The number of halogens is 2. The summed E-state index contributed by atoms with van der Waals surface area (Å²) in [6, 6.07) is 5.96. The molecule has 0 bridgehead atoms. The maximum Gasteiger partial charge on any atom is 0.191 e. The second kappa shape index (κ2) is 8.99. The number of guanidine groups is 1. The number of nitrogens with two attached hydrogens (primary N) is 1. The molecule has 1 saturated heterocycles. The number of nitrogens with zero attached hydrogens (tertiary/aromatic N) is 2. The summed E-state index contributed by atoms with van der Waals surface area (Å²) < 4.78 is 6.14. The molecule has 1 aromatic carbocycles. The molecule has 1 aromatic rings. The second-order valence-corrected chi connectivity index (χ2v) is 6.32. The van der Waals surface area contributed by atoms with Crippen molar-refractivity contribution in [1.82, 2.24) is 4.90 Å². The van der Waals surface area contributed by atoms with Gasteiger partial charge in [0.25, 0.3) is 0 Å². The standard InChI is InChI=1S/C13H18BrN3OS.HI/c1-18-12-3-2-10(8-11(12)14)9-16-13(15)17-4-6-19-7-5-17;/h2-3,8H,4-7,9H2,1H3,(H2,15,16);1H. The molecule has 1 fully saturated rings. The maximum atomic E-state index is 6.02. The SMILES string of the molecule is COc1ccc(CN=C(N)N2CCSCC2)cc1Br.I. The molecule has 0 radical (unpaired) electrons. The normalized spacial score (nSPS) is 15.7. The molecule has 20 heavy (non-hydrogen) atoms. The van der Waals surface area contributed by atoms with Crippen molar-refractivity contribution in [3.05, 3.63) is 28.2 Å². The third kappa shape index (κ3) is 5.00. The van der Waals surface area contributed by atoms with Crippen LogP contribution in [0.4, 0.5) is 0 Å². The fourth-order valence-corrected chi connectivity index (χ4v) is 3.36. The molecule has 0 amide bonds. The van der Waals surface area contributed by atoms with Crippen LogP contribution in [0.5, 0.6) is 5.75 Å². The van der Waals surface area contributed by atoms with Crippen molar-refractivity contribution in [1.29, 1.82) is 0 Å². The van der Waals surface area contributed by atoms with Gasteiger partial charge in [0.05, 0.1) is 18.1 Å². The molecule has 4 nitrogen and oxygen atoms in total. The molecule has 1 aliphatic heterocycles. The highest BCUT2D eigenvalue weighted by atomic mass is 127. The zero-order valence-corrected chi connectivity index (χ0v) is 16.1. The van der Waals surface area contributed by atoms with Crippen molar-refractivity contribution < 1.29 is 4.74 Å². The van der Waals surface area contributed by atoms with Crippen LogP contribution in [-0.4, -0.2) is 42.6 Å². The first-order valence-corrected chi connectivity index (χ1v) is 8.10. The first kappa shape index (κ1) is 17.9. The average Bonchev–Trinajstić information content (AvgIpc) is 2.46. The van der Waals surface area contributed by atoms with Gasteiger partial charge >= 0.3 is 0 Å². The molecule has 112 valence electrons. The number of methoxy groups -OCH3 is 1. The summed E-state index contributed by atoms with van der Waals surface area (Å²) >= 11 is 5.44. The molecular formula is C13H19BrIN3OS. The summed E-state index contributed by atoms with van der Waals surface area (Å²) in [5.74, 6) is 3.73. The zero-order chi connectivity index (χ0) is 13.7. The van der Waals surface area contributed by atoms with Gasteiger partial charge in [-0.25, -0.2) is 4.99 Å². The third-order valence-corrected chi connectivity index (χ3v) is 4.54. The smallest absolute Gasteiger partial charge is 0.191 e. The lowest BCUT2D eigenvalue weighted by atomic mass is 10.2. The first-order chi connectivity index (χ1) is 9.20. The molecule has 0 atom stereocenters. The Morgan fingerprint density at radius 3 is 2.75 bits per heavy atom. The third-order valence-electron chi connectivity index (χ3n) is 2.97. The van der Waals surface area contributed by atoms with Crippen molar-refractivity contribution in [2.24, 2.45) is 10.7 Å².